The van der Waals surface area contributed by atoms with Gasteiger partial charge in [-0.2, -0.15) is 0 Å². The largest absolute Gasteiger partial charge is 0.466 e. The fraction of sp³-hybridized carbons (Fsp3) is 0.522. The minimum absolute atomic E-state index is 0.0264. The first-order chi connectivity index (χ1) is 41.9. The van der Waals surface area contributed by atoms with Gasteiger partial charge in [-0.05, 0) is 119 Å². The van der Waals surface area contributed by atoms with Gasteiger partial charge in [0, 0.05) is 79.9 Å². The molecule has 6 amide bonds. The third-order valence-corrected chi connectivity index (χ3v) is 16.2. The Morgan fingerprint density at radius 1 is 0.605 bits per heavy atom. The van der Waals surface area contributed by atoms with Crippen LogP contribution in [0.25, 0.3) is 11.4 Å². The number of nitrogens with zero attached hydrogens (tertiary/aromatic N) is 2. The van der Waals surface area contributed by atoms with Gasteiger partial charge in [0.15, 0.2) is 0 Å². The van der Waals surface area contributed by atoms with Crippen LogP contribution >= 0.6 is 0 Å². The summed E-state index contributed by atoms with van der Waals surface area (Å²) in [6.07, 6.45) is 22.6. The van der Waals surface area contributed by atoms with Crippen molar-refractivity contribution < 1.29 is 38.3 Å². The van der Waals surface area contributed by atoms with Crippen molar-refractivity contribution >= 4 is 64.2 Å². The summed E-state index contributed by atoms with van der Waals surface area (Å²) in [7, 11) is 1.86. The van der Waals surface area contributed by atoms with Gasteiger partial charge in [-0.25, -0.2) is 5.84 Å². The number of hydrogen-bond acceptors (Lipinski definition) is 11. The number of ether oxygens (including phenoxy) is 1. The molecule has 1 saturated carbocycles. The standard InChI is InChI=1S/C69H97N9O8/c1-3-4-5-6-7-8-11-26-47-72-61(79)39-23-24-40-63(81)77-51-54-32-19-20-35-57(54)65(71-2)66(58-36-21-22-38-60(58)77)78(70)49-28-25-37-59(76-68(84)53-41-43-56(44-42-53)75-67(83)52-30-15-14-16-31-52)69(85)73-48-27-12-13-29-50-86-64(82)46-45-62(80)74-55-33-17-9-10-18-34-55/h14-16,19-22,30-32,35-36,38,41-44,55,59,71H,3-13,17-18,23-29,33-34,37,39-40,45-51,70H2,1-2H3,(H,72,79)(H,73,85)(H,74,80)(H,75,83)(H,76,84)/b66-65-. The first-order valence-corrected chi connectivity index (χ1v) is 32.1. The zero-order chi connectivity index (χ0) is 61.1. The third-order valence-electron chi connectivity index (χ3n) is 16.2. The number of carbonyl (C=O) groups is 7. The highest BCUT2D eigenvalue weighted by atomic mass is 16.5. The Morgan fingerprint density at radius 3 is 1.95 bits per heavy atom. The molecule has 17 heteroatoms. The monoisotopic (exact) mass is 1180 g/mol. The molecule has 0 bridgehead atoms. The van der Waals surface area contributed by atoms with Gasteiger partial charge in [0.2, 0.25) is 23.6 Å². The third kappa shape index (κ3) is 23.4. The van der Waals surface area contributed by atoms with Gasteiger partial charge >= 0.3 is 5.97 Å². The lowest BCUT2D eigenvalue weighted by Crippen LogP contribution is -2.47. The van der Waals surface area contributed by atoms with E-state index in [4.69, 9.17) is 10.6 Å². The molecule has 4 aromatic carbocycles. The van der Waals surface area contributed by atoms with E-state index in [1.807, 2.05) is 66.5 Å². The van der Waals surface area contributed by atoms with Crippen molar-refractivity contribution in [3.05, 3.63) is 131 Å². The SMILES string of the molecule is CCCCCCCCCCNC(=O)CCCCC(=O)N1Cc2ccccc2/C(NC)=C(/N(N)CCCCC(NC(=O)c2ccc(NC(=O)c3ccccc3)cc2)C(=O)NCCCCCCOC(=O)CCC(=O)NC2CCCCCC2)c2ccccc21. The molecular formula is C69H97N9O8. The summed E-state index contributed by atoms with van der Waals surface area (Å²) in [5.74, 6) is 5.58. The van der Waals surface area contributed by atoms with E-state index in [1.54, 1.807) is 53.5 Å². The van der Waals surface area contributed by atoms with E-state index in [0.29, 0.717) is 100 Å². The van der Waals surface area contributed by atoms with Crippen LogP contribution in [0.2, 0.25) is 0 Å². The average molecular weight is 1180 g/mol. The van der Waals surface area contributed by atoms with Crippen molar-refractivity contribution in [1.82, 2.24) is 31.6 Å². The van der Waals surface area contributed by atoms with Gasteiger partial charge in [0.1, 0.15) is 6.04 Å². The number of anilines is 2. The molecule has 0 spiro atoms. The Labute approximate surface area is 511 Å². The van der Waals surface area contributed by atoms with Crippen LogP contribution in [-0.2, 0) is 35.3 Å². The first kappa shape index (κ1) is 67.6. The number of fused-ring (bicyclic) bond motifs is 2. The molecule has 6 rings (SSSR count). The molecule has 17 nitrogen and oxygen atoms in total. The normalized spacial score (nSPS) is 14.4. The van der Waals surface area contributed by atoms with Crippen LogP contribution in [0.15, 0.2) is 103 Å². The Kier molecular flexibility index (Phi) is 30.3. The second kappa shape index (κ2) is 38.5. The van der Waals surface area contributed by atoms with Crippen molar-refractivity contribution in [3.63, 3.8) is 0 Å². The number of rotatable bonds is 37. The molecule has 8 N–H and O–H groups in total. The molecule has 1 heterocycles. The number of benzene rings is 4. The quantitative estimate of drug-likeness (QED) is 0.00738. The van der Waals surface area contributed by atoms with Crippen molar-refractivity contribution in [1.29, 1.82) is 0 Å². The number of amides is 6. The maximum atomic E-state index is 14.3. The Balaban J connectivity index is 1.03. The highest BCUT2D eigenvalue weighted by molar-refractivity contribution is 6.05. The van der Waals surface area contributed by atoms with Gasteiger partial charge in [-0.15, -0.1) is 0 Å². The molecule has 0 saturated heterocycles. The summed E-state index contributed by atoms with van der Waals surface area (Å²) < 4.78 is 5.41. The van der Waals surface area contributed by atoms with E-state index in [-0.39, 0.29) is 67.4 Å². The summed E-state index contributed by atoms with van der Waals surface area (Å²) >= 11 is 0. The molecule has 466 valence electrons. The second-order valence-electron chi connectivity index (χ2n) is 23.0. The zero-order valence-corrected chi connectivity index (χ0v) is 51.3. The average Bonchev–Trinajstić information content (AvgIpc) is 1.51. The van der Waals surface area contributed by atoms with Crippen LogP contribution in [0, 0.1) is 0 Å². The smallest absolute Gasteiger partial charge is 0.306 e. The van der Waals surface area contributed by atoms with E-state index in [1.165, 1.54) is 51.4 Å². The highest BCUT2D eigenvalue weighted by Gasteiger charge is 2.29. The number of hydrazine groups is 1. The van der Waals surface area contributed by atoms with Gasteiger partial charge in [-0.3, -0.25) is 33.6 Å². The number of carbonyl (C=O) groups excluding carboxylic acids is 7. The van der Waals surface area contributed by atoms with Gasteiger partial charge in [0.05, 0.1) is 36.7 Å². The van der Waals surface area contributed by atoms with E-state index >= 15 is 0 Å². The molecule has 1 aliphatic carbocycles. The van der Waals surface area contributed by atoms with Gasteiger partial charge in [-0.1, -0.05) is 145 Å². The molecule has 86 heavy (non-hydrogen) atoms. The Morgan fingerprint density at radius 2 is 1.23 bits per heavy atom. The van der Waals surface area contributed by atoms with E-state index in [2.05, 4.69) is 38.8 Å². The molecule has 0 radical (unpaired) electrons. The van der Waals surface area contributed by atoms with E-state index < -0.39 is 11.9 Å². The van der Waals surface area contributed by atoms with Crippen LogP contribution in [0.4, 0.5) is 11.4 Å². The van der Waals surface area contributed by atoms with Gasteiger partial charge < -0.3 is 46.5 Å². The molecule has 1 fully saturated rings. The maximum Gasteiger partial charge on any atom is 0.306 e. The predicted octanol–water partition coefficient (Wildman–Crippen LogP) is 11.6. The number of esters is 1. The molecule has 1 unspecified atom stereocenters. The lowest BCUT2D eigenvalue weighted by molar-refractivity contribution is -0.145. The predicted molar refractivity (Wildman–Crippen MR) is 342 cm³/mol. The van der Waals surface area contributed by atoms with Gasteiger partial charge in [0.25, 0.3) is 11.8 Å². The molecule has 4 aromatic rings. The fourth-order valence-corrected chi connectivity index (χ4v) is 11.2. The molecule has 1 aliphatic heterocycles. The maximum absolute atomic E-state index is 14.3. The summed E-state index contributed by atoms with van der Waals surface area (Å²) in [5.41, 5.74) is 6.20. The van der Waals surface area contributed by atoms with E-state index in [9.17, 15) is 33.6 Å². The topological polar surface area (TPSA) is 233 Å². The fourth-order valence-electron chi connectivity index (χ4n) is 11.2. The Hall–Kier alpha value is -7.53. The summed E-state index contributed by atoms with van der Waals surface area (Å²) in [5, 5.41) is 20.1. The minimum Gasteiger partial charge on any atom is -0.466 e. The first-order valence-electron chi connectivity index (χ1n) is 32.1. The summed E-state index contributed by atoms with van der Waals surface area (Å²) in [6, 6.07) is 30.4. The lowest BCUT2D eigenvalue weighted by atomic mass is 9.95. The number of unbranched alkanes of at least 4 members (excludes halogenated alkanes) is 12. The van der Waals surface area contributed by atoms with Crippen molar-refractivity contribution in [2.45, 2.75) is 199 Å². The number of nitrogens with two attached hydrogens (primary N) is 1. The van der Waals surface area contributed by atoms with Crippen molar-refractivity contribution in [3.8, 4) is 0 Å². The van der Waals surface area contributed by atoms with Crippen molar-refractivity contribution in [2.75, 3.05) is 43.5 Å². The van der Waals surface area contributed by atoms with Crippen LogP contribution in [-0.4, -0.2) is 91.8 Å². The highest BCUT2D eigenvalue weighted by Crippen LogP contribution is 2.38. The Bertz CT molecular complexity index is 2780. The second-order valence-corrected chi connectivity index (χ2v) is 23.0. The number of hydrogen-bond donors (Lipinski definition) is 7. The molecule has 0 aromatic heterocycles. The number of nitrogens with one attached hydrogen (secondary N) is 6. The van der Waals surface area contributed by atoms with Crippen molar-refractivity contribution in [2.24, 2.45) is 5.84 Å². The molecular weight excluding hydrogens is 1080 g/mol. The van der Waals surface area contributed by atoms with Crippen LogP contribution < -0.4 is 42.6 Å². The van der Waals surface area contributed by atoms with Crippen LogP contribution in [0.5, 0.6) is 0 Å². The van der Waals surface area contributed by atoms with Crippen LogP contribution in [0.3, 0.4) is 0 Å². The summed E-state index contributed by atoms with van der Waals surface area (Å²) in [4.78, 5) is 94.4. The van der Waals surface area contributed by atoms with Crippen LogP contribution in [0.1, 0.15) is 218 Å². The minimum atomic E-state index is -0.880. The zero-order valence-electron chi connectivity index (χ0n) is 51.3. The molecule has 1 atom stereocenters. The van der Waals surface area contributed by atoms with E-state index in [0.717, 1.165) is 79.4 Å². The summed E-state index contributed by atoms with van der Waals surface area (Å²) in [6.45, 7) is 4.27. The lowest BCUT2D eigenvalue weighted by Gasteiger charge is -2.34. The molecule has 2 aliphatic rings. The number of para-hydroxylation sites is 1.